The van der Waals surface area contributed by atoms with Crippen molar-refractivity contribution in [3.8, 4) is 5.75 Å². The van der Waals surface area contributed by atoms with Gasteiger partial charge in [0.05, 0.1) is 0 Å². The quantitative estimate of drug-likeness (QED) is 0.886. The minimum absolute atomic E-state index is 0.337. The molecular weight excluding hydrogens is 236 g/mol. The third kappa shape index (κ3) is 2.27. The lowest BCUT2D eigenvalue weighted by Gasteiger charge is -2.27. The molecule has 3 rings (SSSR count). The normalized spacial score (nSPS) is 20.9. The van der Waals surface area contributed by atoms with E-state index in [0.29, 0.717) is 0 Å². The van der Waals surface area contributed by atoms with Crippen molar-refractivity contribution < 1.29 is 9.84 Å². The van der Waals surface area contributed by atoms with E-state index in [1.54, 1.807) is 0 Å². The van der Waals surface area contributed by atoms with Gasteiger partial charge in [0.15, 0.2) is 0 Å². The molecule has 0 bridgehead atoms. The van der Waals surface area contributed by atoms with Crippen molar-refractivity contribution in [2.24, 2.45) is 0 Å². The Balaban J connectivity index is 1.87. The summed E-state index contributed by atoms with van der Waals surface area (Å²) in [5.74, 6) is 0.815. The number of ether oxygens (including phenoxy) is 1. The van der Waals surface area contributed by atoms with Gasteiger partial charge in [0.2, 0.25) is 0 Å². The Kier molecular flexibility index (Phi) is 3.10. The summed E-state index contributed by atoms with van der Waals surface area (Å²) in [4.78, 5) is 0. The largest absolute Gasteiger partial charge is 0.483 e. The number of benzene rings is 2. The van der Waals surface area contributed by atoms with Gasteiger partial charge in [-0.05, 0) is 35.8 Å². The molecule has 96 valence electrons. The SMILES string of the molecule is Cc1ccccc1O[C@H]1C=Cc2ccccc2[C@@H]1O. The summed E-state index contributed by atoms with van der Waals surface area (Å²) in [6.07, 6.45) is 2.96. The molecule has 2 aromatic carbocycles. The van der Waals surface area contributed by atoms with E-state index in [9.17, 15) is 5.11 Å². The Morgan fingerprint density at radius 2 is 1.74 bits per heavy atom. The third-order valence-corrected chi connectivity index (χ3v) is 3.45. The van der Waals surface area contributed by atoms with Crippen LogP contribution in [0.3, 0.4) is 0 Å². The summed E-state index contributed by atoms with van der Waals surface area (Å²) in [5, 5.41) is 10.4. The zero-order valence-corrected chi connectivity index (χ0v) is 10.8. The monoisotopic (exact) mass is 252 g/mol. The highest BCUT2D eigenvalue weighted by atomic mass is 16.5. The smallest absolute Gasteiger partial charge is 0.147 e. The van der Waals surface area contributed by atoms with E-state index in [0.717, 1.165) is 22.4 Å². The highest BCUT2D eigenvalue weighted by Crippen LogP contribution is 2.31. The molecule has 2 nitrogen and oxygen atoms in total. The summed E-state index contributed by atoms with van der Waals surface area (Å²) in [6, 6.07) is 15.7. The van der Waals surface area contributed by atoms with Crippen molar-refractivity contribution in [1.82, 2.24) is 0 Å². The van der Waals surface area contributed by atoms with Crippen LogP contribution in [0.15, 0.2) is 54.6 Å². The molecule has 0 fully saturated rings. The Hall–Kier alpha value is -2.06. The van der Waals surface area contributed by atoms with E-state index in [4.69, 9.17) is 4.74 Å². The fourth-order valence-electron chi connectivity index (χ4n) is 2.35. The predicted molar refractivity (Wildman–Crippen MR) is 76.0 cm³/mol. The van der Waals surface area contributed by atoms with E-state index >= 15 is 0 Å². The number of aliphatic hydroxyl groups excluding tert-OH is 1. The molecule has 1 N–H and O–H groups in total. The molecule has 0 unspecified atom stereocenters. The van der Waals surface area contributed by atoms with Gasteiger partial charge in [0.25, 0.3) is 0 Å². The third-order valence-electron chi connectivity index (χ3n) is 3.45. The van der Waals surface area contributed by atoms with Crippen LogP contribution in [0, 0.1) is 6.92 Å². The first-order chi connectivity index (χ1) is 9.25. The van der Waals surface area contributed by atoms with Crippen LogP contribution in [0.2, 0.25) is 0 Å². The van der Waals surface area contributed by atoms with E-state index in [2.05, 4.69) is 0 Å². The average molecular weight is 252 g/mol. The number of aryl methyl sites for hydroxylation is 1. The maximum absolute atomic E-state index is 10.4. The summed E-state index contributed by atoms with van der Waals surface area (Å²) in [7, 11) is 0. The fourth-order valence-corrected chi connectivity index (χ4v) is 2.35. The molecule has 0 saturated heterocycles. The highest BCUT2D eigenvalue weighted by Gasteiger charge is 2.25. The van der Waals surface area contributed by atoms with Crippen LogP contribution >= 0.6 is 0 Å². The number of hydrogen-bond donors (Lipinski definition) is 1. The maximum Gasteiger partial charge on any atom is 0.147 e. The lowest BCUT2D eigenvalue weighted by Crippen LogP contribution is -2.26. The first kappa shape index (κ1) is 12.0. The molecule has 0 aromatic heterocycles. The first-order valence-electron chi connectivity index (χ1n) is 6.43. The maximum atomic E-state index is 10.4. The molecular formula is C17H16O2. The lowest BCUT2D eigenvalue weighted by molar-refractivity contribution is 0.0619. The zero-order valence-electron chi connectivity index (χ0n) is 10.8. The van der Waals surface area contributed by atoms with E-state index in [1.165, 1.54) is 0 Å². The van der Waals surface area contributed by atoms with Crippen molar-refractivity contribution >= 4 is 6.08 Å². The van der Waals surface area contributed by atoms with Crippen molar-refractivity contribution in [3.63, 3.8) is 0 Å². The van der Waals surface area contributed by atoms with E-state index < -0.39 is 6.10 Å². The zero-order chi connectivity index (χ0) is 13.2. The van der Waals surface area contributed by atoms with Crippen LogP contribution in [0.25, 0.3) is 6.08 Å². The molecule has 0 heterocycles. The van der Waals surface area contributed by atoms with Crippen molar-refractivity contribution in [3.05, 3.63) is 71.3 Å². The lowest BCUT2D eigenvalue weighted by atomic mass is 9.93. The molecule has 19 heavy (non-hydrogen) atoms. The van der Waals surface area contributed by atoms with Crippen LogP contribution in [0.5, 0.6) is 5.75 Å². The Morgan fingerprint density at radius 3 is 2.58 bits per heavy atom. The summed E-state index contributed by atoms with van der Waals surface area (Å²) in [6.45, 7) is 2.00. The molecule has 0 amide bonds. The van der Waals surface area contributed by atoms with E-state index in [-0.39, 0.29) is 6.10 Å². The molecule has 1 aliphatic rings. The number of para-hydroxylation sites is 1. The number of rotatable bonds is 2. The van der Waals surface area contributed by atoms with Crippen LogP contribution in [0.1, 0.15) is 22.8 Å². The molecule has 0 spiro atoms. The topological polar surface area (TPSA) is 29.5 Å². The Labute approximate surface area is 113 Å². The van der Waals surface area contributed by atoms with Crippen LogP contribution in [-0.2, 0) is 0 Å². The highest BCUT2D eigenvalue weighted by molar-refractivity contribution is 5.58. The van der Waals surface area contributed by atoms with Crippen molar-refractivity contribution in [2.75, 3.05) is 0 Å². The Morgan fingerprint density at radius 1 is 1.00 bits per heavy atom. The number of hydrogen-bond acceptors (Lipinski definition) is 2. The molecule has 2 atom stereocenters. The Bertz CT molecular complexity index is 616. The van der Waals surface area contributed by atoms with Crippen LogP contribution in [-0.4, -0.2) is 11.2 Å². The fraction of sp³-hybridized carbons (Fsp3) is 0.176. The van der Waals surface area contributed by atoms with Gasteiger partial charge < -0.3 is 9.84 Å². The molecule has 0 saturated carbocycles. The van der Waals surface area contributed by atoms with Gasteiger partial charge in [-0.15, -0.1) is 0 Å². The summed E-state index contributed by atoms with van der Waals surface area (Å²) >= 11 is 0. The molecule has 0 radical (unpaired) electrons. The molecule has 2 aromatic rings. The van der Waals surface area contributed by atoms with Gasteiger partial charge in [0.1, 0.15) is 18.0 Å². The second kappa shape index (κ2) is 4.90. The number of aliphatic hydroxyl groups is 1. The summed E-state index contributed by atoms with van der Waals surface area (Å²) in [5.41, 5.74) is 3.05. The van der Waals surface area contributed by atoms with Crippen molar-refractivity contribution in [1.29, 1.82) is 0 Å². The number of fused-ring (bicyclic) bond motifs is 1. The minimum Gasteiger partial charge on any atom is -0.483 e. The second-order valence-electron chi connectivity index (χ2n) is 4.78. The van der Waals surface area contributed by atoms with Gasteiger partial charge in [0, 0.05) is 0 Å². The molecule has 2 heteroatoms. The average Bonchev–Trinajstić information content (AvgIpc) is 2.44. The van der Waals surface area contributed by atoms with Gasteiger partial charge >= 0.3 is 0 Å². The first-order valence-corrected chi connectivity index (χ1v) is 6.43. The van der Waals surface area contributed by atoms with Crippen LogP contribution < -0.4 is 4.74 Å². The predicted octanol–water partition coefficient (Wildman–Crippen LogP) is 3.50. The standard InChI is InChI=1S/C17H16O2/c1-12-6-2-5-9-15(12)19-16-11-10-13-7-3-4-8-14(13)17(16)18/h2-11,16-18H,1H3/t16-,17-/m0/s1. The van der Waals surface area contributed by atoms with Gasteiger partial charge in [-0.2, -0.15) is 0 Å². The van der Waals surface area contributed by atoms with Crippen molar-refractivity contribution in [2.45, 2.75) is 19.1 Å². The van der Waals surface area contributed by atoms with E-state index in [1.807, 2.05) is 67.6 Å². The second-order valence-corrected chi connectivity index (χ2v) is 4.78. The van der Waals surface area contributed by atoms with Crippen LogP contribution in [0.4, 0.5) is 0 Å². The van der Waals surface area contributed by atoms with Gasteiger partial charge in [-0.3, -0.25) is 0 Å². The summed E-state index contributed by atoms with van der Waals surface area (Å²) < 4.78 is 5.92. The van der Waals surface area contributed by atoms with Gasteiger partial charge in [-0.1, -0.05) is 48.5 Å². The molecule has 1 aliphatic carbocycles. The minimum atomic E-state index is -0.624. The van der Waals surface area contributed by atoms with Gasteiger partial charge in [-0.25, -0.2) is 0 Å². The molecule has 0 aliphatic heterocycles.